The van der Waals surface area contributed by atoms with Crippen LogP contribution < -0.4 is 20.1 Å². The van der Waals surface area contributed by atoms with Crippen LogP contribution in [0.3, 0.4) is 0 Å². The molecule has 0 bridgehead atoms. The van der Waals surface area contributed by atoms with Crippen LogP contribution in [0.5, 0.6) is 11.5 Å². The molecule has 1 fully saturated rings. The Morgan fingerprint density at radius 2 is 1.90 bits per heavy atom. The van der Waals surface area contributed by atoms with Gasteiger partial charge in [-0.25, -0.2) is 0 Å². The molecule has 0 saturated carbocycles. The highest BCUT2D eigenvalue weighted by Crippen LogP contribution is 2.32. The molecule has 0 spiro atoms. The van der Waals surface area contributed by atoms with E-state index in [9.17, 15) is 0 Å². The van der Waals surface area contributed by atoms with Crippen LogP contribution in [0, 0.1) is 0 Å². The number of nitrogens with zero attached hydrogens (tertiary/aromatic N) is 2. The lowest BCUT2D eigenvalue weighted by Crippen LogP contribution is -2.44. The first-order valence-corrected chi connectivity index (χ1v) is 9.85. The SMILES string of the molecule is CN=C(NCc1ccc2c(c1)OCO2)NC1CC(C)N(Cc2ccccc2)C1.I. The molecule has 2 aromatic carbocycles. The second kappa shape index (κ2) is 10.2. The van der Waals surface area contributed by atoms with E-state index in [1.807, 2.05) is 25.2 Å². The normalized spacial score (nSPS) is 21.0. The first kappa shape index (κ1) is 21.7. The lowest BCUT2D eigenvalue weighted by atomic mass is 10.2. The van der Waals surface area contributed by atoms with E-state index in [1.54, 1.807) is 0 Å². The van der Waals surface area contributed by atoms with Gasteiger partial charge in [0.05, 0.1) is 0 Å². The number of ether oxygens (including phenoxy) is 2. The zero-order valence-corrected chi connectivity index (χ0v) is 19.3. The molecule has 2 aliphatic heterocycles. The average molecular weight is 508 g/mol. The number of halogens is 1. The molecule has 4 rings (SSSR count). The van der Waals surface area contributed by atoms with Crippen molar-refractivity contribution in [2.45, 2.75) is 38.5 Å². The van der Waals surface area contributed by atoms with Crippen molar-refractivity contribution in [3.63, 3.8) is 0 Å². The number of hydrogen-bond acceptors (Lipinski definition) is 4. The molecule has 0 aliphatic carbocycles. The van der Waals surface area contributed by atoms with E-state index >= 15 is 0 Å². The van der Waals surface area contributed by atoms with Crippen LogP contribution in [0.2, 0.25) is 0 Å². The summed E-state index contributed by atoms with van der Waals surface area (Å²) in [6.45, 7) is 5.29. The summed E-state index contributed by atoms with van der Waals surface area (Å²) in [5.41, 5.74) is 2.50. The number of benzene rings is 2. The van der Waals surface area contributed by atoms with Crippen LogP contribution in [0.25, 0.3) is 0 Å². The van der Waals surface area contributed by atoms with Crippen molar-refractivity contribution < 1.29 is 9.47 Å². The fraction of sp³-hybridized carbons (Fsp3) is 0.409. The van der Waals surface area contributed by atoms with E-state index in [4.69, 9.17) is 9.47 Å². The van der Waals surface area contributed by atoms with Crippen molar-refractivity contribution in [3.8, 4) is 11.5 Å². The fourth-order valence-electron chi connectivity index (χ4n) is 3.87. The average Bonchev–Trinajstić information content (AvgIpc) is 3.32. The molecular weight excluding hydrogens is 479 g/mol. The van der Waals surface area contributed by atoms with Gasteiger partial charge in [-0.1, -0.05) is 36.4 Å². The van der Waals surface area contributed by atoms with Crippen molar-refractivity contribution in [2.24, 2.45) is 4.99 Å². The fourth-order valence-corrected chi connectivity index (χ4v) is 3.87. The Labute approximate surface area is 189 Å². The van der Waals surface area contributed by atoms with Gasteiger partial charge in [0.25, 0.3) is 0 Å². The molecule has 29 heavy (non-hydrogen) atoms. The van der Waals surface area contributed by atoms with Crippen molar-refractivity contribution in [3.05, 3.63) is 59.7 Å². The van der Waals surface area contributed by atoms with Gasteiger partial charge in [-0.15, -0.1) is 24.0 Å². The number of fused-ring (bicyclic) bond motifs is 1. The molecule has 2 atom stereocenters. The Balaban J connectivity index is 0.00000240. The van der Waals surface area contributed by atoms with Crippen LogP contribution >= 0.6 is 24.0 Å². The van der Waals surface area contributed by atoms with Crippen LogP contribution in [0.1, 0.15) is 24.5 Å². The molecule has 1 saturated heterocycles. The van der Waals surface area contributed by atoms with Gasteiger partial charge in [0.2, 0.25) is 6.79 Å². The predicted molar refractivity (Wildman–Crippen MR) is 126 cm³/mol. The van der Waals surface area contributed by atoms with E-state index in [0.29, 0.717) is 25.4 Å². The van der Waals surface area contributed by atoms with E-state index in [-0.39, 0.29) is 24.0 Å². The third-order valence-electron chi connectivity index (χ3n) is 5.39. The molecule has 0 amide bonds. The highest BCUT2D eigenvalue weighted by molar-refractivity contribution is 14.0. The molecule has 0 radical (unpaired) electrons. The smallest absolute Gasteiger partial charge is 0.231 e. The Morgan fingerprint density at radius 3 is 2.69 bits per heavy atom. The maximum atomic E-state index is 5.45. The van der Waals surface area contributed by atoms with E-state index in [2.05, 4.69) is 57.8 Å². The summed E-state index contributed by atoms with van der Waals surface area (Å²) in [6.07, 6.45) is 1.11. The van der Waals surface area contributed by atoms with Gasteiger partial charge in [-0.05, 0) is 36.6 Å². The molecular formula is C22H29IN4O2. The Kier molecular flexibility index (Phi) is 7.60. The monoisotopic (exact) mass is 508 g/mol. The first-order valence-electron chi connectivity index (χ1n) is 9.85. The number of nitrogens with one attached hydrogen (secondary N) is 2. The summed E-state index contributed by atoms with van der Waals surface area (Å²) in [6, 6.07) is 17.6. The first-order chi connectivity index (χ1) is 13.7. The summed E-state index contributed by atoms with van der Waals surface area (Å²) >= 11 is 0. The molecule has 0 aromatic heterocycles. The zero-order chi connectivity index (χ0) is 19.3. The highest BCUT2D eigenvalue weighted by Gasteiger charge is 2.29. The number of likely N-dealkylation sites (tertiary alicyclic amines) is 1. The molecule has 2 N–H and O–H groups in total. The van der Waals surface area contributed by atoms with E-state index < -0.39 is 0 Å². The number of hydrogen-bond donors (Lipinski definition) is 2. The van der Waals surface area contributed by atoms with Crippen molar-refractivity contribution in [2.75, 3.05) is 20.4 Å². The molecule has 2 aromatic rings. The second-order valence-corrected chi connectivity index (χ2v) is 7.45. The van der Waals surface area contributed by atoms with Crippen LogP contribution in [0.15, 0.2) is 53.5 Å². The van der Waals surface area contributed by atoms with Crippen molar-refractivity contribution in [1.82, 2.24) is 15.5 Å². The topological polar surface area (TPSA) is 58.1 Å². The summed E-state index contributed by atoms with van der Waals surface area (Å²) in [7, 11) is 1.81. The molecule has 6 nitrogen and oxygen atoms in total. The van der Waals surface area contributed by atoms with Gasteiger partial charge in [0, 0.05) is 38.8 Å². The zero-order valence-electron chi connectivity index (χ0n) is 16.9. The Hall–Kier alpha value is -2.00. The lowest BCUT2D eigenvalue weighted by Gasteiger charge is -2.21. The maximum Gasteiger partial charge on any atom is 0.231 e. The summed E-state index contributed by atoms with van der Waals surface area (Å²) in [4.78, 5) is 6.92. The summed E-state index contributed by atoms with van der Waals surface area (Å²) < 4.78 is 10.8. The molecule has 156 valence electrons. The third-order valence-corrected chi connectivity index (χ3v) is 5.39. The van der Waals surface area contributed by atoms with Crippen molar-refractivity contribution in [1.29, 1.82) is 0 Å². The molecule has 7 heteroatoms. The quantitative estimate of drug-likeness (QED) is 0.369. The van der Waals surface area contributed by atoms with Crippen LogP contribution in [0.4, 0.5) is 0 Å². The van der Waals surface area contributed by atoms with Gasteiger partial charge in [0.15, 0.2) is 17.5 Å². The standard InChI is InChI=1S/C22H28N4O2.HI/c1-16-10-19(14-26(16)13-17-6-4-3-5-7-17)25-22(23-2)24-12-18-8-9-20-21(11-18)28-15-27-20;/h3-9,11,16,19H,10,12-15H2,1-2H3,(H2,23,24,25);1H. The number of guanidine groups is 1. The van der Waals surface area contributed by atoms with Gasteiger partial charge < -0.3 is 20.1 Å². The maximum absolute atomic E-state index is 5.45. The van der Waals surface area contributed by atoms with Crippen LogP contribution in [-0.2, 0) is 13.1 Å². The van der Waals surface area contributed by atoms with E-state index in [1.165, 1.54) is 5.56 Å². The molecule has 2 aliphatic rings. The van der Waals surface area contributed by atoms with Gasteiger partial charge >= 0.3 is 0 Å². The van der Waals surface area contributed by atoms with E-state index in [0.717, 1.165) is 42.5 Å². The molecule has 2 unspecified atom stereocenters. The van der Waals surface area contributed by atoms with Gasteiger partial charge in [-0.2, -0.15) is 0 Å². The van der Waals surface area contributed by atoms with Crippen molar-refractivity contribution >= 4 is 29.9 Å². The largest absolute Gasteiger partial charge is 0.454 e. The second-order valence-electron chi connectivity index (χ2n) is 7.45. The summed E-state index contributed by atoms with van der Waals surface area (Å²) in [5.74, 6) is 2.45. The highest BCUT2D eigenvalue weighted by atomic mass is 127. The minimum Gasteiger partial charge on any atom is -0.454 e. The number of aliphatic imine (C=N–C) groups is 1. The minimum atomic E-state index is 0. The van der Waals surface area contributed by atoms with Gasteiger partial charge in [-0.3, -0.25) is 9.89 Å². The summed E-state index contributed by atoms with van der Waals surface area (Å²) in [5, 5.41) is 6.98. The third kappa shape index (κ3) is 5.54. The number of rotatable bonds is 5. The van der Waals surface area contributed by atoms with Crippen LogP contribution in [-0.4, -0.2) is 43.3 Å². The Morgan fingerprint density at radius 1 is 1.10 bits per heavy atom. The minimum absolute atomic E-state index is 0. The molecule has 2 heterocycles. The Bertz CT molecular complexity index is 831. The van der Waals surface area contributed by atoms with Gasteiger partial charge in [0.1, 0.15) is 0 Å². The predicted octanol–water partition coefficient (Wildman–Crippen LogP) is 3.36. The lowest BCUT2D eigenvalue weighted by molar-refractivity contribution is 0.174.